The van der Waals surface area contributed by atoms with E-state index in [9.17, 15) is 14.7 Å². The van der Waals surface area contributed by atoms with Crippen LogP contribution in [0, 0.1) is 13.8 Å². The van der Waals surface area contributed by atoms with Crippen molar-refractivity contribution in [3.05, 3.63) is 107 Å². The number of aliphatic hydroxyl groups is 1. The number of methoxy groups -OCH3 is 1. The summed E-state index contributed by atoms with van der Waals surface area (Å²) in [6.45, 7) is 6.23. The van der Waals surface area contributed by atoms with E-state index in [4.69, 9.17) is 9.47 Å². The van der Waals surface area contributed by atoms with Gasteiger partial charge >= 0.3 is 0 Å². The molecule has 0 aromatic heterocycles. The van der Waals surface area contributed by atoms with Crippen molar-refractivity contribution in [1.29, 1.82) is 0 Å². The predicted molar refractivity (Wildman–Crippen MR) is 149 cm³/mol. The van der Waals surface area contributed by atoms with E-state index in [1.54, 1.807) is 31.4 Å². The van der Waals surface area contributed by atoms with Crippen LogP contribution in [-0.2, 0) is 9.59 Å². The van der Waals surface area contributed by atoms with Gasteiger partial charge in [0.25, 0.3) is 11.7 Å². The van der Waals surface area contributed by atoms with Crippen LogP contribution in [-0.4, -0.2) is 30.5 Å². The van der Waals surface area contributed by atoms with E-state index >= 15 is 0 Å². The predicted octanol–water partition coefficient (Wildman–Crippen LogP) is 6.49. The molecule has 0 bridgehead atoms. The molecular weight excluding hydrogens is 478 g/mol. The lowest BCUT2D eigenvalue weighted by Crippen LogP contribution is -2.29. The maximum atomic E-state index is 13.6. The van der Waals surface area contributed by atoms with E-state index in [-0.39, 0.29) is 11.3 Å². The molecule has 1 N–H and O–H groups in total. The summed E-state index contributed by atoms with van der Waals surface area (Å²) in [5.41, 5.74) is 3.74. The van der Waals surface area contributed by atoms with Gasteiger partial charge in [0, 0.05) is 11.3 Å². The number of carbonyl (C=O) groups excluding carboxylic acids is 2. The molecule has 0 saturated carbocycles. The van der Waals surface area contributed by atoms with E-state index in [1.807, 2.05) is 75.4 Å². The first-order valence-corrected chi connectivity index (χ1v) is 12.5. The van der Waals surface area contributed by atoms with E-state index < -0.39 is 17.7 Å². The van der Waals surface area contributed by atoms with Crippen LogP contribution in [0.15, 0.2) is 84.4 Å². The number of benzene rings is 4. The van der Waals surface area contributed by atoms with Gasteiger partial charge in [-0.3, -0.25) is 14.5 Å². The fourth-order valence-electron chi connectivity index (χ4n) is 4.91. The zero-order chi connectivity index (χ0) is 27.0. The van der Waals surface area contributed by atoms with Crippen LogP contribution in [0.5, 0.6) is 11.5 Å². The quantitative estimate of drug-likeness (QED) is 0.183. The van der Waals surface area contributed by atoms with Crippen molar-refractivity contribution >= 4 is 33.9 Å². The molecule has 1 atom stereocenters. The SMILES string of the molecule is CCOc1cc(C2/C(=C(\O)c3ccc4ccccc4c3)C(=O)C(=O)N2c2ccc(C)c(C)c2)ccc1OC. The highest BCUT2D eigenvalue weighted by molar-refractivity contribution is 6.51. The van der Waals surface area contributed by atoms with Gasteiger partial charge in [0.05, 0.1) is 25.3 Å². The fraction of sp³-hybridized carbons (Fsp3) is 0.188. The lowest BCUT2D eigenvalue weighted by atomic mass is 9.94. The minimum Gasteiger partial charge on any atom is -0.507 e. The first-order valence-electron chi connectivity index (χ1n) is 12.5. The molecule has 4 aromatic carbocycles. The van der Waals surface area contributed by atoms with Gasteiger partial charge in [-0.05, 0) is 78.6 Å². The summed E-state index contributed by atoms with van der Waals surface area (Å²) >= 11 is 0. The summed E-state index contributed by atoms with van der Waals surface area (Å²) < 4.78 is 11.2. The molecule has 1 fully saturated rings. The number of aliphatic hydroxyl groups excluding tert-OH is 1. The number of nitrogens with zero attached hydrogens (tertiary/aromatic N) is 1. The number of hydrogen-bond acceptors (Lipinski definition) is 5. The average molecular weight is 508 g/mol. The summed E-state index contributed by atoms with van der Waals surface area (Å²) in [6, 6.07) is 23.3. The van der Waals surface area contributed by atoms with Gasteiger partial charge in [0.1, 0.15) is 5.76 Å². The maximum Gasteiger partial charge on any atom is 0.300 e. The third-order valence-electron chi connectivity index (χ3n) is 7.04. The third-order valence-corrected chi connectivity index (χ3v) is 7.04. The van der Waals surface area contributed by atoms with Crippen LogP contribution in [0.1, 0.15) is 35.2 Å². The molecule has 1 saturated heterocycles. The lowest BCUT2D eigenvalue weighted by molar-refractivity contribution is -0.132. The number of carbonyl (C=O) groups is 2. The van der Waals surface area contributed by atoms with E-state index in [2.05, 4.69) is 0 Å². The van der Waals surface area contributed by atoms with E-state index in [1.165, 1.54) is 4.90 Å². The topological polar surface area (TPSA) is 76.1 Å². The summed E-state index contributed by atoms with van der Waals surface area (Å²) in [5, 5.41) is 13.5. The Kier molecular flexibility index (Phi) is 6.64. The van der Waals surface area contributed by atoms with Crippen LogP contribution < -0.4 is 14.4 Å². The second-order valence-electron chi connectivity index (χ2n) is 9.34. The number of Topliss-reactive ketones (excluding diaryl/α,β-unsaturated/α-hetero) is 1. The number of anilines is 1. The summed E-state index contributed by atoms with van der Waals surface area (Å²) in [6.07, 6.45) is 0. The molecule has 4 aromatic rings. The number of hydrogen-bond donors (Lipinski definition) is 1. The molecule has 6 nitrogen and oxygen atoms in total. The second-order valence-corrected chi connectivity index (χ2v) is 9.34. The molecule has 1 heterocycles. The van der Waals surface area contributed by atoms with Gasteiger partial charge in [-0.2, -0.15) is 0 Å². The van der Waals surface area contributed by atoms with Gasteiger partial charge in [0.2, 0.25) is 0 Å². The number of aryl methyl sites for hydroxylation is 2. The Bertz CT molecular complexity index is 1600. The van der Waals surface area contributed by atoms with Gasteiger partial charge in [0.15, 0.2) is 11.5 Å². The monoisotopic (exact) mass is 507 g/mol. The Hall–Kier alpha value is -4.58. The van der Waals surface area contributed by atoms with Gasteiger partial charge in [-0.25, -0.2) is 0 Å². The standard InChI is InChI=1S/C32H29NO5/c1-5-38-27-18-23(13-15-26(27)37-4)29-28(30(34)24-12-11-21-8-6-7-9-22(21)17-24)31(35)32(36)33(29)25-14-10-19(2)20(3)16-25/h6-18,29,34H,5H2,1-4H3/b30-28+. The van der Waals surface area contributed by atoms with Crippen molar-refractivity contribution in [1.82, 2.24) is 0 Å². The van der Waals surface area contributed by atoms with Crippen molar-refractivity contribution in [2.45, 2.75) is 26.8 Å². The molecule has 5 rings (SSSR count). The minimum atomic E-state index is -0.867. The minimum absolute atomic E-state index is 0.0242. The average Bonchev–Trinajstić information content (AvgIpc) is 3.19. The highest BCUT2D eigenvalue weighted by atomic mass is 16.5. The zero-order valence-corrected chi connectivity index (χ0v) is 21.8. The Balaban J connectivity index is 1.75. The molecule has 192 valence electrons. The lowest BCUT2D eigenvalue weighted by Gasteiger charge is -2.26. The molecule has 0 spiro atoms. The molecule has 1 unspecified atom stereocenters. The Morgan fingerprint density at radius 1 is 0.868 bits per heavy atom. The summed E-state index contributed by atoms with van der Waals surface area (Å²) in [7, 11) is 1.55. The number of ketones is 1. The van der Waals surface area contributed by atoms with Crippen LogP contribution in [0.4, 0.5) is 5.69 Å². The highest BCUT2D eigenvalue weighted by Crippen LogP contribution is 2.44. The fourth-order valence-corrected chi connectivity index (χ4v) is 4.91. The number of amides is 1. The van der Waals surface area contributed by atoms with Crippen molar-refractivity contribution in [2.24, 2.45) is 0 Å². The maximum absolute atomic E-state index is 13.6. The number of ether oxygens (including phenoxy) is 2. The smallest absolute Gasteiger partial charge is 0.300 e. The van der Waals surface area contributed by atoms with E-state index in [0.717, 1.165) is 21.9 Å². The Morgan fingerprint density at radius 2 is 1.63 bits per heavy atom. The normalized spacial score (nSPS) is 16.7. The third kappa shape index (κ3) is 4.28. The van der Waals surface area contributed by atoms with Crippen LogP contribution in [0.2, 0.25) is 0 Å². The molecule has 1 amide bonds. The molecular formula is C32H29NO5. The van der Waals surface area contributed by atoms with Gasteiger partial charge in [-0.15, -0.1) is 0 Å². The molecule has 1 aliphatic rings. The molecule has 0 aliphatic carbocycles. The van der Waals surface area contributed by atoms with Crippen molar-refractivity contribution < 1.29 is 24.2 Å². The summed E-state index contributed by atoms with van der Waals surface area (Å²) in [5.74, 6) is -0.640. The van der Waals surface area contributed by atoms with Gasteiger partial charge < -0.3 is 14.6 Å². The molecule has 0 radical (unpaired) electrons. The first-order chi connectivity index (χ1) is 18.3. The Labute approximate surface area is 221 Å². The second kappa shape index (κ2) is 10.1. The first kappa shape index (κ1) is 25.1. The van der Waals surface area contributed by atoms with Gasteiger partial charge in [-0.1, -0.05) is 48.5 Å². The highest BCUT2D eigenvalue weighted by Gasteiger charge is 2.47. The van der Waals surface area contributed by atoms with E-state index in [0.29, 0.717) is 34.9 Å². The largest absolute Gasteiger partial charge is 0.507 e. The number of rotatable bonds is 6. The summed E-state index contributed by atoms with van der Waals surface area (Å²) in [4.78, 5) is 28.6. The molecule has 6 heteroatoms. The van der Waals surface area contributed by atoms with Crippen molar-refractivity contribution in [3.8, 4) is 11.5 Å². The van der Waals surface area contributed by atoms with Crippen LogP contribution in [0.3, 0.4) is 0 Å². The van der Waals surface area contributed by atoms with Crippen molar-refractivity contribution in [2.75, 3.05) is 18.6 Å². The molecule has 38 heavy (non-hydrogen) atoms. The van der Waals surface area contributed by atoms with Crippen LogP contribution >= 0.6 is 0 Å². The number of fused-ring (bicyclic) bond motifs is 1. The molecule has 1 aliphatic heterocycles. The van der Waals surface area contributed by atoms with Crippen LogP contribution in [0.25, 0.3) is 16.5 Å². The van der Waals surface area contributed by atoms with Crippen molar-refractivity contribution in [3.63, 3.8) is 0 Å². The Morgan fingerprint density at radius 3 is 2.34 bits per heavy atom. The zero-order valence-electron chi connectivity index (χ0n) is 21.8.